The lowest BCUT2D eigenvalue weighted by atomic mass is 10.0. The highest BCUT2D eigenvalue weighted by molar-refractivity contribution is 7.47. The molecule has 0 rings (SSSR count). The number of hydrogen-bond acceptors (Lipinski definition) is 8. The van der Waals surface area contributed by atoms with Crippen molar-refractivity contribution in [2.45, 2.75) is 264 Å². The standard InChI is InChI=1S/C49H96NO8P/c1-3-5-7-9-11-13-15-17-19-20-21-22-23-24-25-26-28-30-32-34-36-38-40-42-49(52)58-47(46-57-59(53,54)56-44-43-50)45-55-48(51)41-39-37-35-33-31-29-27-18-16-14-12-10-8-6-4-2/h20-21,47H,3-19,22-46,50H2,1-2H3,(H,53,54)/b21-20-. The summed E-state index contributed by atoms with van der Waals surface area (Å²) in [5, 5.41) is 0. The third-order valence-corrected chi connectivity index (χ3v) is 12.1. The highest BCUT2D eigenvalue weighted by Gasteiger charge is 2.26. The van der Waals surface area contributed by atoms with Gasteiger partial charge in [-0.15, -0.1) is 0 Å². The van der Waals surface area contributed by atoms with E-state index in [1.165, 1.54) is 193 Å². The average Bonchev–Trinajstić information content (AvgIpc) is 3.22. The predicted octanol–water partition coefficient (Wildman–Crippen LogP) is 15.0. The lowest BCUT2D eigenvalue weighted by Gasteiger charge is -2.19. The van der Waals surface area contributed by atoms with Crippen molar-refractivity contribution in [1.82, 2.24) is 0 Å². The monoisotopic (exact) mass is 858 g/mol. The quantitative estimate of drug-likeness (QED) is 0.0265. The maximum absolute atomic E-state index is 12.6. The van der Waals surface area contributed by atoms with Crippen molar-refractivity contribution in [3.8, 4) is 0 Å². The molecule has 0 bridgehead atoms. The fourth-order valence-corrected chi connectivity index (χ4v) is 8.16. The Morgan fingerprint density at radius 1 is 0.492 bits per heavy atom. The maximum Gasteiger partial charge on any atom is 0.472 e. The molecule has 9 nitrogen and oxygen atoms in total. The van der Waals surface area contributed by atoms with Crippen LogP contribution < -0.4 is 5.73 Å². The molecule has 0 fully saturated rings. The van der Waals surface area contributed by atoms with E-state index in [2.05, 4.69) is 26.0 Å². The minimum Gasteiger partial charge on any atom is -0.462 e. The minimum absolute atomic E-state index is 0.0565. The van der Waals surface area contributed by atoms with Crippen molar-refractivity contribution in [3.05, 3.63) is 12.2 Å². The number of hydrogen-bond donors (Lipinski definition) is 2. The van der Waals surface area contributed by atoms with E-state index in [0.717, 1.165) is 32.1 Å². The molecule has 350 valence electrons. The van der Waals surface area contributed by atoms with Crippen molar-refractivity contribution in [1.29, 1.82) is 0 Å². The van der Waals surface area contributed by atoms with Crippen LogP contribution in [-0.4, -0.2) is 49.3 Å². The van der Waals surface area contributed by atoms with E-state index < -0.39 is 26.5 Å². The second-order valence-electron chi connectivity index (χ2n) is 17.0. The normalized spacial score (nSPS) is 13.2. The summed E-state index contributed by atoms with van der Waals surface area (Å²) in [7, 11) is -4.37. The van der Waals surface area contributed by atoms with Crippen LogP contribution in [0, 0.1) is 0 Å². The van der Waals surface area contributed by atoms with Crippen LogP contribution in [0.2, 0.25) is 0 Å². The lowest BCUT2D eigenvalue weighted by molar-refractivity contribution is -0.161. The largest absolute Gasteiger partial charge is 0.472 e. The summed E-state index contributed by atoms with van der Waals surface area (Å²) in [4.78, 5) is 35.0. The van der Waals surface area contributed by atoms with Gasteiger partial charge in [0.1, 0.15) is 6.61 Å². The average molecular weight is 858 g/mol. The summed E-state index contributed by atoms with van der Waals surface area (Å²) in [5.74, 6) is -0.814. The molecule has 0 aliphatic rings. The van der Waals surface area contributed by atoms with Gasteiger partial charge in [-0.2, -0.15) is 0 Å². The molecule has 2 unspecified atom stereocenters. The van der Waals surface area contributed by atoms with Crippen LogP contribution in [0.4, 0.5) is 0 Å². The van der Waals surface area contributed by atoms with Gasteiger partial charge in [-0.25, -0.2) is 4.57 Å². The Hall–Kier alpha value is -1.25. The number of ether oxygens (including phenoxy) is 2. The molecular weight excluding hydrogens is 762 g/mol. The Morgan fingerprint density at radius 3 is 1.20 bits per heavy atom. The summed E-state index contributed by atoms with van der Waals surface area (Å²) in [6, 6.07) is 0. The summed E-state index contributed by atoms with van der Waals surface area (Å²) in [6.07, 6.45) is 49.6. The number of esters is 2. The summed E-state index contributed by atoms with van der Waals surface area (Å²) in [5.41, 5.74) is 5.36. The number of rotatable bonds is 48. The molecule has 10 heteroatoms. The number of phosphoric ester groups is 1. The molecule has 0 spiro atoms. The number of nitrogens with two attached hydrogens (primary N) is 1. The molecule has 2 atom stereocenters. The van der Waals surface area contributed by atoms with Gasteiger partial charge in [0, 0.05) is 19.4 Å². The first-order valence-electron chi connectivity index (χ1n) is 25.2. The van der Waals surface area contributed by atoms with E-state index in [1.807, 2.05) is 0 Å². The van der Waals surface area contributed by atoms with E-state index in [0.29, 0.717) is 6.42 Å². The van der Waals surface area contributed by atoms with Crippen LogP contribution in [0.15, 0.2) is 12.2 Å². The number of unbranched alkanes of at least 4 members (excludes halogenated alkanes) is 33. The summed E-state index contributed by atoms with van der Waals surface area (Å²) >= 11 is 0. The lowest BCUT2D eigenvalue weighted by Crippen LogP contribution is -2.29. The van der Waals surface area contributed by atoms with Crippen LogP contribution in [0.3, 0.4) is 0 Å². The molecule has 3 N–H and O–H groups in total. The van der Waals surface area contributed by atoms with Gasteiger partial charge < -0.3 is 20.1 Å². The smallest absolute Gasteiger partial charge is 0.462 e. The molecule has 0 saturated heterocycles. The Labute approximate surface area is 364 Å². The Bertz CT molecular complexity index is 980. The molecule has 0 aliphatic carbocycles. The summed E-state index contributed by atoms with van der Waals surface area (Å²) in [6.45, 7) is 3.78. The van der Waals surface area contributed by atoms with E-state index in [1.54, 1.807) is 0 Å². The topological polar surface area (TPSA) is 134 Å². The number of phosphoric acid groups is 1. The molecule has 0 heterocycles. The van der Waals surface area contributed by atoms with Gasteiger partial charge in [0.2, 0.25) is 0 Å². The molecular formula is C49H96NO8P. The Balaban J connectivity index is 4.00. The predicted molar refractivity (Wildman–Crippen MR) is 248 cm³/mol. The third-order valence-electron chi connectivity index (χ3n) is 11.2. The molecule has 0 saturated carbocycles. The Morgan fingerprint density at radius 2 is 0.831 bits per heavy atom. The van der Waals surface area contributed by atoms with Gasteiger partial charge in [0.25, 0.3) is 0 Å². The molecule has 0 aromatic carbocycles. The highest BCUT2D eigenvalue weighted by Crippen LogP contribution is 2.43. The zero-order valence-corrected chi connectivity index (χ0v) is 39.7. The van der Waals surface area contributed by atoms with Crippen LogP contribution in [0.5, 0.6) is 0 Å². The number of carbonyl (C=O) groups is 2. The number of carbonyl (C=O) groups excluding carboxylic acids is 2. The fraction of sp³-hybridized carbons (Fsp3) is 0.918. The van der Waals surface area contributed by atoms with Crippen molar-refractivity contribution in [2.24, 2.45) is 5.73 Å². The Kier molecular flexibility index (Phi) is 45.3. The van der Waals surface area contributed by atoms with Gasteiger partial charge in [-0.1, -0.05) is 219 Å². The second kappa shape index (κ2) is 46.3. The van der Waals surface area contributed by atoms with Gasteiger partial charge in [-0.3, -0.25) is 18.6 Å². The number of allylic oxidation sites excluding steroid dienone is 2. The molecule has 0 aromatic heterocycles. The SMILES string of the molecule is CCCCCCCCCC/C=C\CCCCCCCCCCCCCC(=O)OC(COC(=O)CCCCCCCCCCCCCCCCC)COP(=O)(O)OCCN. The summed E-state index contributed by atoms with van der Waals surface area (Å²) < 4.78 is 32.9. The van der Waals surface area contributed by atoms with Crippen molar-refractivity contribution in [3.63, 3.8) is 0 Å². The third kappa shape index (κ3) is 46.1. The molecule has 0 radical (unpaired) electrons. The van der Waals surface area contributed by atoms with E-state index >= 15 is 0 Å². The second-order valence-corrected chi connectivity index (χ2v) is 18.5. The first kappa shape index (κ1) is 57.8. The van der Waals surface area contributed by atoms with Gasteiger partial charge in [-0.05, 0) is 38.5 Å². The van der Waals surface area contributed by atoms with Gasteiger partial charge in [0.05, 0.1) is 13.2 Å². The first-order chi connectivity index (χ1) is 28.8. The van der Waals surface area contributed by atoms with E-state index in [-0.39, 0.29) is 38.6 Å². The van der Waals surface area contributed by atoms with Gasteiger partial charge >= 0.3 is 19.8 Å². The maximum atomic E-state index is 12.6. The van der Waals surface area contributed by atoms with Crippen LogP contribution in [-0.2, 0) is 32.7 Å². The van der Waals surface area contributed by atoms with Crippen LogP contribution >= 0.6 is 7.82 Å². The minimum atomic E-state index is -4.37. The van der Waals surface area contributed by atoms with Crippen LogP contribution in [0.1, 0.15) is 258 Å². The van der Waals surface area contributed by atoms with Crippen molar-refractivity contribution in [2.75, 3.05) is 26.4 Å². The highest BCUT2D eigenvalue weighted by atomic mass is 31.2. The first-order valence-corrected chi connectivity index (χ1v) is 26.7. The van der Waals surface area contributed by atoms with Crippen molar-refractivity contribution < 1.29 is 37.6 Å². The molecule has 0 amide bonds. The fourth-order valence-electron chi connectivity index (χ4n) is 7.40. The van der Waals surface area contributed by atoms with Crippen LogP contribution in [0.25, 0.3) is 0 Å². The molecule has 0 aliphatic heterocycles. The van der Waals surface area contributed by atoms with Crippen molar-refractivity contribution >= 4 is 19.8 Å². The van der Waals surface area contributed by atoms with E-state index in [9.17, 15) is 19.0 Å². The zero-order chi connectivity index (χ0) is 43.2. The zero-order valence-electron chi connectivity index (χ0n) is 38.8. The molecule has 59 heavy (non-hydrogen) atoms. The van der Waals surface area contributed by atoms with E-state index in [4.69, 9.17) is 24.3 Å². The molecule has 0 aromatic rings. The van der Waals surface area contributed by atoms with Gasteiger partial charge in [0.15, 0.2) is 6.10 Å².